The van der Waals surface area contributed by atoms with Gasteiger partial charge >= 0.3 is 0 Å². The van der Waals surface area contributed by atoms with E-state index < -0.39 is 5.60 Å². The van der Waals surface area contributed by atoms with Crippen LogP contribution in [0.1, 0.15) is 36.2 Å². The SMILES string of the molecule is CN(CC1(O)CCCC1)C(=O)c1cn(-c2ccccc2)nn1. The van der Waals surface area contributed by atoms with E-state index in [1.807, 2.05) is 30.3 Å². The Labute approximate surface area is 129 Å². The molecule has 0 atom stereocenters. The number of likely N-dealkylation sites (N-methyl/N-ethyl adjacent to an activating group) is 1. The minimum absolute atomic E-state index is 0.220. The summed E-state index contributed by atoms with van der Waals surface area (Å²) in [7, 11) is 1.69. The normalized spacial score (nSPS) is 16.6. The fourth-order valence-corrected chi connectivity index (χ4v) is 2.97. The third kappa shape index (κ3) is 3.01. The van der Waals surface area contributed by atoms with E-state index in [0.29, 0.717) is 6.54 Å². The maximum absolute atomic E-state index is 12.4. The monoisotopic (exact) mass is 300 g/mol. The van der Waals surface area contributed by atoms with Gasteiger partial charge in [-0.15, -0.1) is 5.10 Å². The molecule has 1 N–H and O–H groups in total. The van der Waals surface area contributed by atoms with Gasteiger partial charge in [0.2, 0.25) is 0 Å². The predicted molar refractivity (Wildman–Crippen MR) is 81.7 cm³/mol. The lowest BCUT2D eigenvalue weighted by atomic mass is 10.0. The maximum Gasteiger partial charge on any atom is 0.275 e. The van der Waals surface area contributed by atoms with Crippen molar-refractivity contribution in [2.24, 2.45) is 0 Å². The molecule has 1 fully saturated rings. The molecule has 1 aromatic carbocycles. The first-order valence-electron chi connectivity index (χ1n) is 7.53. The van der Waals surface area contributed by atoms with Gasteiger partial charge in [-0.3, -0.25) is 4.79 Å². The van der Waals surface area contributed by atoms with Crippen LogP contribution >= 0.6 is 0 Å². The molecule has 0 saturated heterocycles. The first-order valence-corrected chi connectivity index (χ1v) is 7.53. The Morgan fingerprint density at radius 2 is 2.00 bits per heavy atom. The molecule has 1 aliphatic carbocycles. The molecule has 2 aromatic rings. The van der Waals surface area contributed by atoms with E-state index in [9.17, 15) is 9.90 Å². The summed E-state index contributed by atoms with van der Waals surface area (Å²) in [5.41, 5.74) is 0.388. The molecular weight excluding hydrogens is 280 g/mol. The van der Waals surface area contributed by atoms with Gasteiger partial charge in [0.25, 0.3) is 5.91 Å². The lowest BCUT2D eigenvalue weighted by Gasteiger charge is -2.28. The maximum atomic E-state index is 12.4. The van der Waals surface area contributed by atoms with Crippen LogP contribution in [0.2, 0.25) is 0 Å². The van der Waals surface area contributed by atoms with Gasteiger partial charge < -0.3 is 10.0 Å². The highest BCUT2D eigenvalue weighted by Gasteiger charge is 2.34. The lowest BCUT2D eigenvalue weighted by Crippen LogP contribution is -2.42. The zero-order chi connectivity index (χ0) is 15.6. The number of benzene rings is 1. The molecule has 116 valence electrons. The molecule has 6 nitrogen and oxygen atoms in total. The third-order valence-corrected chi connectivity index (χ3v) is 4.15. The van der Waals surface area contributed by atoms with E-state index in [1.165, 1.54) is 4.90 Å². The number of carbonyl (C=O) groups is 1. The molecule has 1 amide bonds. The number of hydrogen-bond donors (Lipinski definition) is 1. The van der Waals surface area contributed by atoms with E-state index in [-0.39, 0.29) is 11.6 Å². The number of carbonyl (C=O) groups excluding carboxylic acids is 1. The summed E-state index contributed by atoms with van der Waals surface area (Å²) in [4.78, 5) is 14.0. The van der Waals surface area contributed by atoms with E-state index in [0.717, 1.165) is 31.4 Å². The Bertz CT molecular complexity index is 647. The summed E-state index contributed by atoms with van der Waals surface area (Å²) in [6.07, 6.45) is 5.15. The van der Waals surface area contributed by atoms with Crippen molar-refractivity contribution >= 4 is 5.91 Å². The van der Waals surface area contributed by atoms with Crippen LogP contribution in [-0.4, -0.2) is 50.1 Å². The van der Waals surface area contributed by atoms with Gasteiger partial charge in [-0.2, -0.15) is 0 Å². The number of hydrogen-bond acceptors (Lipinski definition) is 4. The number of aliphatic hydroxyl groups is 1. The highest BCUT2D eigenvalue weighted by atomic mass is 16.3. The van der Waals surface area contributed by atoms with Crippen molar-refractivity contribution in [1.29, 1.82) is 0 Å². The molecule has 3 rings (SSSR count). The van der Waals surface area contributed by atoms with Gasteiger partial charge in [-0.05, 0) is 25.0 Å². The fourth-order valence-electron chi connectivity index (χ4n) is 2.97. The Balaban J connectivity index is 1.71. The third-order valence-electron chi connectivity index (χ3n) is 4.15. The summed E-state index contributed by atoms with van der Waals surface area (Å²) >= 11 is 0. The highest BCUT2D eigenvalue weighted by molar-refractivity contribution is 5.91. The number of amides is 1. The second kappa shape index (κ2) is 5.88. The largest absolute Gasteiger partial charge is 0.388 e. The number of aromatic nitrogens is 3. The summed E-state index contributed by atoms with van der Waals surface area (Å²) in [6.45, 7) is 0.337. The Kier molecular flexibility index (Phi) is 3.94. The number of para-hydroxylation sites is 1. The topological polar surface area (TPSA) is 71.2 Å². The van der Waals surface area contributed by atoms with Crippen molar-refractivity contribution in [2.75, 3.05) is 13.6 Å². The first kappa shape index (κ1) is 14.7. The Morgan fingerprint density at radius 1 is 1.32 bits per heavy atom. The molecule has 1 aliphatic rings. The van der Waals surface area contributed by atoms with Crippen LogP contribution < -0.4 is 0 Å². The minimum atomic E-state index is -0.750. The molecule has 1 saturated carbocycles. The van der Waals surface area contributed by atoms with Gasteiger partial charge in [0.1, 0.15) is 0 Å². The van der Waals surface area contributed by atoms with E-state index in [1.54, 1.807) is 17.9 Å². The molecule has 0 spiro atoms. The summed E-state index contributed by atoms with van der Waals surface area (Å²) in [5.74, 6) is -0.220. The Hall–Kier alpha value is -2.21. The van der Waals surface area contributed by atoms with Crippen molar-refractivity contribution in [3.8, 4) is 5.69 Å². The van der Waals surface area contributed by atoms with Crippen LogP contribution in [0.15, 0.2) is 36.5 Å². The predicted octanol–water partition coefficient (Wildman–Crippen LogP) is 1.64. The van der Waals surface area contributed by atoms with Crippen molar-refractivity contribution in [1.82, 2.24) is 19.9 Å². The lowest BCUT2D eigenvalue weighted by molar-refractivity contribution is 0.0155. The second-order valence-corrected chi connectivity index (χ2v) is 5.98. The van der Waals surface area contributed by atoms with Crippen molar-refractivity contribution in [3.63, 3.8) is 0 Å². The molecule has 22 heavy (non-hydrogen) atoms. The zero-order valence-electron chi connectivity index (χ0n) is 12.6. The summed E-state index contributed by atoms with van der Waals surface area (Å²) < 4.78 is 1.57. The summed E-state index contributed by atoms with van der Waals surface area (Å²) in [5, 5.41) is 18.4. The van der Waals surface area contributed by atoms with Gasteiger partial charge in [0.05, 0.1) is 17.5 Å². The molecule has 0 aliphatic heterocycles. The molecule has 1 heterocycles. The molecule has 0 radical (unpaired) electrons. The van der Waals surface area contributed by atoms with Crippen molar-refractivity contribution in [3.05, 3.63) is 42.2 Å². The van der Waals surface area contributed by atoms with Crippen LogP contribution in [0.5, 0.6) is 0 Å². The number of rotatable bonds is 4. The zero-order valence-corrected chi connectivity index (χ0v) is 12.6. The minimum Gasteiger partial charge on any atom is -0.388 e. The Morgan fingerprint density at radius 3 is 2.68 bits per heavy atom. The van der Waals surface area contributed by atoms with Crippen molar-refractivity contribution in [2.45, 2.75) is 31.3 Å². The van der Waals surface area contributed by atoms with E-state index in [2.05, 4.69) is 10.3 Å². The first-order chi connectivity index (χ1) is 10.6. The second-order valence-electron chi connectivity index (χ2n) is 5.98. The molecule has 1 aromatic heterocycles. The van der Waals surface area contributed by atoms with Gasteiger partial charge in [0.15, 0.2) is 5.69 Å². The number of nitrogens with zero attached hydrogens (tertiary/aromatic N) is 4. The van der Waals surface area contributed by atoms with Crippen LogP contribution in [0, 0.1) is 0 Å². The average molecular weight is 300 g/mol. The molecule has 0 bridgehead atoms. The average Bonchev–Trinajstić information content (AvgIpc) is 3.17. The van der Waals surface area contributed by atoms with Crippen LogP contribution in [-0.2, 0) is 0 Å². The van der Waals surface area contributed by atoms with Crippen LogP contribution in [0.3, 0.4) is 0 Å². The molecule has 0 unspecified atom stereocenters. The van der Waals surface area contributed by atoms with Crippen molar-refractivity contribution < 1.29 is 9.90 Å². The van der Waals surface area contributed by atoms with E-state index in [4.69, 9.17) is 0 Å². The summed E-state index contributed by atoms with van der Waals surface area (Å²) in [6, 6.07) is 9.52. The van der Waals surface area contributed by atoms with Gasteiger partial charge in [-0.25, -0.2) is 4.68 Å². The smallest absolute Gasteiger partial charge is 0.275 e. The van der Waals surface area contributed by atoms with E-state index >= 15 is 0 Å². The fraction of sp³-hybridized carbons (Fsp3) is 0.438. The molecule has 6 heteroatoms. The van der Waals surface area contributed by atoms with Gasteiger partial charge in [0, 0.05) is 13.6 Å². The van der Waals surface area contributed by atoms with Gasteiger partial charge in [-0.1, -0.05) is 36.3 Å². The quantitative estimate of drug-likeness (QED) is 0.932. The highest BCUT2D eigenvalue weighted by Crippen LogP contribution is 2.30. The van der Waals surface area contributed by atoms with Crippen LogP contribution in [0.25, 0.3) is 5.69 Å². The molecular formula is C16H20N4O2. The van der Waals surface area contributed by atoms with Crippen LogP contribution in [0.4, 0.5) is 0 Å². The standard InChI is InChI=1S/C16H20N4O2/c1-19(12-16(22)9-5-6-10-16)15(21)14-11-20(18-17-14)13-7-3-2-4-8-13/h2-4,7-8,11,22H,5-6,9-10,12H2,1H3.